The molecule has 0 spiro atoms. The molecule has 0 radical (unpaired) electrons. The number of alkyl halides is 3. The average molecular weight is 394 g/mol. The average Bonchev–Trinajstić information content (AvgIpc) is 2.92. The van der Waals surface area contributed by atoms with Crippen molar-refractivity contribution in [1.82, 2.24) is 14.5 Å². The summed E-state index contributed by atoms with van der Waals surface area (Å²) in [7, 11) is 0. The minimum atomic E-state index is -4.54. The third kappa shape index (κ3) is 3.66. The van der Waals surface area contributed by atoms with E-state index in [4.69, 9.17) is 0 Å². The van der Waals surface area contributed by atoms with Crippen molar-refractivity contribution in [2.45, 2.75) is 44.1 Å². The molecule has 9 heteroatoms. The Hall–Kier alpha value is -2.68. The topological polar surface area (TPSA) is 63.0 Å². The highest BCUT2D eigenvalue weighted by Gasteiger charge is 2.34. The maximum absolute atomic E-state index is 13.1. The zero-order chi connectivity index (χ0) is 19.9. The first kappa shape index (κ1) is 18.7. The highest BCUT2D eigenvalue weighted by molar-refractivity contribution is 5.75. The van der Waals surface area contributed by atoms with Crippen molar-refractivity contribution < 1.29 is 22.7 Å². The smallest absolute Gasteiger partial charge is 0.373 e. The monoisotopic (exact) mass is 394 g/mol. The predicted octanol–water partition coefficient (Wildman–Crippen LogP) is 4.29. The third-order valence-electron chi connectivity index (χ3n) is 4.91. The van der Waals surface area contributed by atoms with Gasteiger partial charge in [0.1, 0.15) is 23.3 Å². The summed E-state index contributed by atoms with van der Waals surface area (Å²) in [4.78, 5) is 8.12. The summed E-state index contributed by atoms with van der Waals surface area (Å²) in [6.45, 7) is 0. The van der Waals surface area contributed by atoms with E-state index in [1.54, 1.807) is 16.7 Å². The molecule has 148 valence electrons. The molecule has 5 nitrogen and oxygen atoms in total. The molecule has 0 amide bonds. The molecule has 1 aliphatic carbocycles. The quantitative estimate of drug-likeness (QED) is 0.501. The molecule has 2 N–H and O–H groups in total. The predicted molar refractivity (Wildman–Crippen MR) is 95.2 cm³/mol. The van der Waals surface area contributed by atoms with Crippen LogP contribution in [0.15, 0.2) is 36.4 Å². The number of hydrogen-bond donors (Lipinski definition) is 2. The number of nitrogens with zero attached hydrogens (tertiary/aromatic N) is 3. The van der Waals surface area contributed by atoms with E-state index in [0.717, 1.165) is 25.3 Å². The third-order valence-corrected chi connectivity index (χ3v) is 4.91. The van der Waals surface area contributed by atoms with Crippen LogP contribution in [0, 0.1) is 5.82 Å². The van der Waals surface area contributed by atoms with Gasteiger partial charge >= 0.3 is 6.18 Å². The van der Waals surface area contributed by atoms with Crippen molar-refractivity contribution >= 4 is 17.1 Å². The summed E-state index contributed by atoms with van der Waals surface area (Å²) in [6, 6.07) is 7.90. The van der Waals surface area contributed by atoms with Crippen LogP contribution in [0.3, 0.4) is 0 Å². The Bertz CT molecular complexity index is 980. The van der Waals surface area contributed by atoms with Gasteiger partial charge in [-0.25, -0.2) is 14.4 Å². The number of imidazole rings is 1. The van der Waals surface area contributed by atoms with E-state index in [2.05, 4.69) is 15.3 Å². The lowest BCUT2D eigenvalue weighted by Gasteiger charge is -2.29. The molecular weight excluding hydrogens is 376 g/mol. The van der Waals surface area contributed by atoms with Gasteiger partial charge in [0.15, 0.2) is 5.65 Å². The number of halogens is 4. The van der Waals surface area contributed by atoms with Crippen molar-refractivity contribution in [3.63, 3.8) is 0 Å². The van der Waals surface area contributed by atoms with Crippen molar-refractivity contribution in [2.24, 2.45) is 0 Å². The first-order valence-corrected chi connectivity index (χ1v) is 8.96. The van der Waals surface area contributed by atoms with Gasteiger partial charge in [0.25, 0.3) is 0 Å². The number of benzene rings is 1. The van der Waals surface area contributed by atoms with Crippen LogP contribution in [0.25, 0.3) is 11.2 Å². The zero-order valence-corrected chi connectivity index (χ0v) is 14.7. The fourth-order valence-corrected chi connectivity index (χ4v) is 3.27. The molecule has 1 atom stereocenters. The van der Waals surface area contributed by atoms with Crippen LogP contribution in [0.2, 0.25) is 0 Å². The van der Waals surface area contributed by atoms with Gasteiger partial charge < -0.3 is 10.4 Å². The Morgan fingerprint density at radius 2 is 1.82 bits per heavy atom. The number of nitrogens with one attached hydrogen (secondary N) is 1. The van der Waals surface area contributed by atoms with Crippen LogP contribution in [0.4, 0.5) is 23.5 Å². The van der Waals surface area contributed by atoms with E-state index in [-0.39, 0.29) is 29.9 Å². The summed E-state index contributed by atoms with van der Waals surface area (Å²) in [5, 5.41) is 13.2. The number of aromatic nitrogens is 3. The maximum Gasteiger partial charge on any atom is 0.433 e. The highest BCUT2D eigenvalue weighted by Crippen LogP contribution is 2.38. The summed E-state index contributed by atoms with van der Waals surface area (Å²) < 4.78 is 53.8. The normalized spacial score (nSPS) is 16.2. The van der Waals surface area contributed by atoms with E-state index >= 15 is 0 Å². The molecule has 2 heterocycles. The van der Waals surface area contributed by atoms with Crippen LogP contribution in [-0.2, 0) is 12.6 Å². The number of anilines is 1. The van der Waals surface area contributed by atoms with Gasteiger partial charge in [-0.3, -0.25) is 4.57 Å². The summed E-state index contributed by atoms with van der Waals surface area (Å²) in [5.41, 5.74) is 0.219. The van der Waals surface area contributed by atoms with E-state index in [0.29, 0.717) is 11.1 Å². The van der Waals surface area contributed by atoms with E-state index in [9.17, 15) is 22.7 Å². The lowest BCUT2D eigenvalue weighted by Crippen LogP contribution is -2.26. The summed E-state index contributed by atoms with van der Waals surface area (Å²) in [6.07, 6.45) is -2.80. The minimum Gasteiger partial charge on any atom is -0.373 e. The molecule has 1 aliphatic rings. The number of aliphatic hydroxyl groups is 1. The Balaban J connectivity index is 1.64. The Labute approximate surface area is 158 Å². The molecule has 1 saturated carbocycles. The minimum absolute atomic E-state index is 0.0125. The first-order chi connectivity index (χ1) is 13.3. The molecule has 1 aromatic carbocycles. The number of pyridine rings is 1. The van der Waals surface area contributed by atoms with Gasteiger partial charge in [-0.05, 0) is 49.1 Å². The van der Waals surface area contributed by atoms with Crippen LogP contribution in [0.5, 0.6) is 0 Å². The van der Waals surface area contributed by atoms with Crippen molar-refractivity contribution in [2.75, 3.05) is 5.32 Å². The lowest BCUT2D eigenvalue weighted by molar-refractivity contribution is -0.141. The number of hydrogen-bond acceptors (Lipinski definition) is 4. The SMILES string of the molecule is OC(Cc1ccc(F)cc1)Nc1nc2ccc(C(F)(F)F)nc2n1C1CCC1. The molecule has 2 aromatic heterocycles. The van der Waals surface area contributed by atoms with Gasteiger partial charge in [-0.2, -0.15) is 13.2 Å². The fraction of sp³-hybridized carbons (Fsp3) is 0.368. The van der Waals surface area contributed by atoms with Gasteiger partial charge in [0.2, 0.25) is 5.95 Å². The summed E-state index contributed by atoms with van der Waals surface area (Å²) in [5.74, 6) is -0.0920. The van der Waals surface area contributed by atoms with Crippen molar-refractivity contribution in [3.05, 3.63) is 53.5 Å². The van der Waals surface area contributed by atoms with Gasteiger partial charge in [-0.1, -0.05) is 12.1 Å². The van der Waals surface area contributed by atoms with E-state index < -0.39 is 18.1 Å². The van der Waals surface area contributed by atoms with Crippen LogP contribution in [0.1, 0.15) is 36.6 Å². The zero-order valence-electron chi connectivity index (χ0n) is 14.7. The molecule has 1 unspecified atom stereocenters. The molecule has 0 bridgehead atoms. The number of rotatable bonds is 5. The highest BCUT2D eigenvalue weighted by atomic mass is 19.4. The fourth-order valence-electron chi connectivity index (χ4n) is 3.27. The van der Waals surface area contributed by atoms with Crippen LogP contribution >= 0.6 is 0 Å². The van der Waals surface area contributed by atoms with Crippen LogP contribution in [-0.4, -0.2) is 25.9 Å². The molecular formula is C19H18F4N4O. The Morgan fingerprint density at radius 1 is 1.11 bits per heavy atom. The second-order valence-corrected chi connectivity index (χ2v) is 6.92. The van der Waals surface area contributed by atoms with Crippen molar-refractivity contribution in [1.29, 1.82) is 0 Å². The second-order valence-electron chi connectivity index (χ2n) is 6.92. The standard InChI is InChI=1S/C19H18F4N4O/c20-12-6-4-11(5-7-12)10-16(28)26-18-24-14-8-9-15(19(21,22)23)25-17(14)27(18)13-2-1-3-13/h4-9,13,16,28H,1-3,10H2,(H,24,26). The number of fused-ring (bicyclic) bond motifs is 1. The molecule has 0 saturated heterocycles. The second kappa shape index (κ2) is 7.05. The first-order valence-electron chi connectivity index (χ1n) is 8.96. The molecule has 0 aliphatic heterocycles. The molecule has 3 aromatic rings. The molecule has 28 heavy (non-hydrogen) atoms. The molecule has 4 rings (SSSR count). The number of aliphatic hydroxyl groups excluding tert-OH is 1. The van der Waals surface area contributed by atoms with Crippen LogP contribution < -0.4 is 5.32 Å². The van der Waals surface area contributed by atoms with Gasteiger partial charge in [0, 0.05) is 12.5 Å². The van der Waals surface area contributed by atoms with Gasteiger partial charge in [0.05, 0.1) is 0 Å². The van der Waals surface area contributed by atoms with Gasteiger partial charge in [-0.15, -0.1) is 0 Å². The maximum atomic E-state index is 13.1. The Kier molecular flexibility index (Phi) is 4.70. The lowest BCUT2D eigenvalue weighted by atomic mass is 9.93. The largest absolute Gasteiger partial charge is 0.433 e. The summed E-state index contributed by atoms with van der Waals surface area (Å²) >= 11 is 0. The van der Waals surface area contributed by atoms with Crippen molar-refractivity contribution in [3.8, 4) is 0 Å². The van der Waals surface area contributed by atoms with E-state index in [1.807, 2.05) is 0 Å². The molecule has 1 fully saturated rings. The van der Waals surface area contributed by atoms with E-state index in [1.165, 1.54) is 18.2 Å². The Morgan fingerprint density at radius 3 is 2.43 bits per heavy atom.